The minimum Gasteiger partial charge on any atom is -0.493 e. The number of hydrogen-bond acceptors (Lipinski definition) is 11. The van der Waals surface area contributed by atoms with Crippen LogP contribution in [0.25, 0.3) is 21.3 Å². The van der Waals surface area contributed by atoms with Gasteiger partial charge in [0.1, 0.15) is 17.2 Å². The molecule has 3 aromatic carbocycles. The number of fused-ring (bicyclic) bond motifs is 2. The molecule has 0 radical (unpaired) electrons. The van der Waals surface area contributed by atoms with Crippen LogP contribution in [0.4, 0.5) is 10.9 Å². The molecular weight excluding hydrogens is 775 g/mol. The molecule has 8 rings (SSSR count). The number of aromatic nitrogens is 2. The van der Waals surface area contributed by atoms with Gasteiger partial charge in [-0.2, -0.15) is 0 Å². The van der Waals surface area contributed by atoms with Gasteiger partial charge in [0.25, 0.3) is 5.91 Å². The minimum atomic E-state index is -0.724. The van der Waals surface area contributed by atoms with Crippen LogP contribution in [0, 0.1) is 18.3 Å². The van der Waals surface area contributed by atoms with Crippen molar-refractivity contribution in [1.82, 2.24) is 14.9 Å². The van der Waals surface area contributed by atoms with Crippen molar-refractivity contribution < 1.29 is 28.6 Å². The van der Waals surface area contributed by atoms with Gasteiger partial charge in [-0.25, -0.2) is 14.8 Å². The highest BCUT2D eigenvalue weighted by atomic mass is 32.1. The van der Waals surface area contributed by atoms with Crippen molar-refractivity contribution in [2.24, 2.45) is 11.3 Å². The van der Waals surface area contributed by atoms with Gasteiger partial charge in [-0.15, -0.1) is 0 Å². The Kier molecular flexibility index (Phi) is 12.0. The Labute approximate surface area is 356 Å². The van der Waals surface area contributed by atoms with E-state index < -0.39 is 11.6 Å². The summed E-state index contributed by atoms with van der Waals surface area (Å²) in [5.41, 5.74) is 5.80. The first-order chi connectivity index (χ1) is 28.9. The number of rotatable bonds is 11. The molecule has 3 aliphatic rings. The number of nitrogens with one attached hydrogen (secondary N) is 1. The summed E-state index contributed by atoms with van der Waals surface area (Å²) in [7, 11) is 0. The van der Waals surface area contributed by atoms with Gasteiger partial charge < -0.3 is 19.1 Å². The topological polar surface area (TPSA) is 123 Å². The summed E-state index contributed by atoms with van der Waals surface area (Å²) in [4.78, 5) is 53.7. The SMILES string of the molecule is CCOC(=O)CN1CCC2(CC[C@H](COc3cccc(-c4ccc(N5CCc6cccc(C(=O)Nc7nc8ccccc8s7)c6C5)nc4C(=O)OC(C)(C)C)c3C)C2)CC1. The molecule has 1 atom stereocenters. The maximum Gasteiger partial charge on any atom is 0.358 e. The Bertz CT molecular complexity index is 2360. The quantitative estimate of drug-likeness (QED) is 0.129. The van der Waals surface area contributed by atoms with Crippen LogP contribution in [-0.4, -0.2) is 77.7 Å². The Balaban J connectivity index is 0.987. The van der Waals surface area contributed by atoms with Crippen molar-refractivity contribution in [1.29, 1.82) is 0 Å². The third-order valence-electron chi connectivity index (χ3n) is 12.3. The van der Waals surface area contributed by atoms with Crippen molar-refractivity contribution in [3.8, 4) is 16.9 Å². The van der Waals surface area contributed by atoms with Gasteiger partial charge in [-0.3, -0.25) is 19.8 Å². The number of nitrogens with zero attached hydrogens (tertiary/aromatic N) is 4. The normalized spacial score (nSPS) is 17.7. The molecule has 1 amide bonds. The van der Waals surface area contributed by atoms with Crippen molar-refractivity contribution in [2.75, 3.05) is 49.6 Å². The summed E-state index contributed by atoms with van der Waals surface area (Å²) in [6, 6.07) is 23.6. The molecule has 1 aliphatic carbocycles. The van der Waals surface area contributed by atoms with E-state index in [-0.39, 0.29) is 17.6 Å². The average molecular weight is 830 g/mol. The number of likely N-dealkylation sites (tertiary alicyclic amines) is 1. The van der Waals surface area contributed by atoms with E-state index in [4.69, 9.17) is 19.2 Å². The molecule has 1 saturated heterocycles. The van der Waals surface area contributed by atoms with Crippen LogP contribution >= 0.6 is 11.3 Å². The van der Waals surface area contributed by atoms with Crippen molar-refractivity contribution in [3.05, 3.63) is 101 Å². The fraction of sp³-hybridized carbons (Fsp3) is 0.438. The summed E-state index contributed by atoms with van der Waals surface area (Å²) in [5, 5.41) is 3.59. The monoisotopic (exact) mass is 829 g/mol. The lowest BCUT2D eigenvalue weighted by Crippen LogP contribution is -2.41. The lowest BCUT2D eigenvalue weighted by atomic mass is 9.76. The van der Waals surface area contributed by atoms with Crippen LogP contribution in [0.1, 0.15) is 97.3 Å². The zero-order valence-corrected chi connectivity index (χ0v) is 36.2. The zero-order chi connectivity index (χ0) is 42.0. The minimum absolute atomic E-state index is 0.138. The van der Waals surface area contributed by atoms with Crippen LogP contribution in [0.3, 0.4) is 0 Å². The second-order valence-electron chi connectivity index (χ2n) is 17.6. The van der Waals surface area contributed by atoms with Gasteiger partial charge in [0.2, 0.25) is 0 Å². The summed E-state index contributed by atoms with van der Waals surface area (Å²) < 4.78 is 18.7. The number of amides is 1. The summed E-state index contributed by atoms with van der Waals surface area (Å²) in [6.45, 7) is 13.9. The number of carbonyl (C=O) groups excluding carboxylic acids is 3. The summed E-state index contributed by atoms with van der Waals surface area (Å²) in [6.07, 6.45) is 6.35. The molecule has 314 valence electrons. The van der Waals surface area contributed by atoms with E-state index in [0.29, 0.717) is 66.3 Å². The lowest BCUT2D eigenvalue weighted by molar-refractivity contribution is -0.145. The Hall–Kier alpha value is -5.33. The Morgan fingerprint density at radius 1 is 0.917 bits per heavy atom. The molecule has 0 bridgehead atoms. The number of para-hydroxylation sites is 1. The van der Waals surface area contributed by atoms with E-state index in [0.717, 1.165) is 83.4 Å². The molecule has 11 nitrogen and oxygen atoms in total. The highest BCUT2D eigenvalue weighted by Crippen LogP contribution is 2.49. The van der Waals surface area contributed by atoms with Crippen LogP contribution in [0.2, 0.25) is 0 Å². The third-order valence-corrected chi connectivity index (χ3v) is 13.2. The molecule has 2 fully saturated rings. The molecule has 1 N–H and O–H groups in total. The van der Waals surface area contributed by atoms with E-state index >= 15 is 0 Å². The molecular formula is C48H55N5O6S. The predicted octanol–water partition coefficient (Wildman–Crippen LogP) is 9.26. The first-order valence-electron chi connectivity index (χ1n) is 21.2. The van der Waals surface area contributed by atoms with Gasteiger partial charge in [-0.05, 0) is 156 Å². The van der Waals surface area contributed by atoms with E-state index in [1.807, 2.05) is 101 Å². The van der Waals surface area contributed by atoms with Crippen LogP contribution in [0.15, 0.2) is 72.8 Å². The highest BCUT2D eigenvalue weighted by molar-refractivity contribution is 7.22. The maximum atomic E-state index is 14.0. The average Bonchev–Trinajstić information content (AvgIpc) is 3.83. The van der Waals surface area contributed by atoms with E-state index in [9.17, 15) is 14.4 Å². The zero-order valence-electron chi connectivity index (χ0n) is 35.3. The molecule has 2 aromatic heterocycles. The standard InChI is InChI=1S/C48H55N5O6S/c1-6-57-42(54)29-52-25-22-48(23-26-52)21-19-32(27-48)30-58-39-15-10-12-34(31(39)2)35-17-18-41(50-43(35)45(56)59-47(3,4)5)53-24-20-33-11-9-13-36(37(33)28-53)44(55)51-46-49-38-14-7-8-16-40(38)60-46/h7-18,32H,6,19-30H2,1-5H3,(H,49,51,55)/t32-/m0/s1. The van der Waals surface area contributed by atoms with Gasteiger partial charge in [0, 0.05) is 24.2 Å². The lowest BCUT2D eigenvalue weighted by Gasteiger charge is -2.39. The van der Waals surface area contributed by atoms with Gasteiger partial charge >= 0.3 is 11.9 Å². The first-order valence-corrected chi connectivity index (χ1v) is 22.1. The summed E-state index contributed by atoms with van der Waals surface area (Å²) >= 11 is 1.45. The number of ether oxygens (including phenoxy) is 3. The number of hydrogen-bond donors (Lipinski definition) is 1. The van der Waals surface area contributed by atoms with E-state index in [2.05, 4.69) is 26.2 Å². The number of carbonyl (C=O) groups is 3. The molecule has 2 aliphatic heterocycles. The highest BCUT2D eigenvalue weighted by Gasteiger charge is 2.42. The van der Waals surface area contributed by atoms with Crippen molar-refractivity contribution >= 4 is 50.3 Å². The number of pyridine rings is 1. The van der Waals surface area contributed by atoms with Gasteiger partial charge in [0.05, 0.1) is 30.0 Å². The molecule has 1 saturated carbocycles. The first kappa shape index (κ1) is 41.4. The van der Waals surface area contributed by atoms with Crippen LogP contribution < -0.4 is 15.0 Å². The number of esters is 2. The van der Waals surface area contributed by atoms with Gasteiger partial charge in [0.15, 0.2) is 10.8 Å². The third kappa shape index (κ3) is 9.19. The van der Waals surface area contributed by atoms with Crippen molar-refractivity contribution in [3.63, 3.8) is 0 Å². The maximum absolute atomic E-state index is 14.0. The summed E-state index contributed by atoms with van der Waals surface area (Å²) in [5.74, 6) is 1.05. The number of thiazole rings is 1. The number of piperidine rings is 1. The van der Waals surface area contributed by atoms with E-state index in [1.165, 1.54) is 17.8 Å². The Morgan fingerprint density at radius 3 is 2.50 bits per heavy atom. The number of anilines is 2. The molecule has 1 spiro atoms. The predicted molar refractivity (Wildman–Crippen MR) is 236 cm³/mol. The second-order valence-corrected chi connectivity index (χ2v) is 18.6. The molecule has 60 heavy (non-hydrogen) atoms. The van der Waals surface area contributed by atoms with Crippen molar-refractivity contribution in [2.45, 2.75) is 85.3 Å². The molecule has 4 heterocycles. The van der Waals surface area contributed by atoms with E-state index in [1.54, 1.807) is 0 Å². The fourth-order valence-corrected chi connectivity index (χ4v) is 10.0. The Morgan fingerprint density at radius 2 is 1.72 bits per heavy atom. The molecule has 12 heteroatoms. The van der Waals surface area contributed by atoms with Crippen LogP contribution in [-0.2, 0) is 27.2 Å². The largest absolute Gasteiger partial charge is 0.493 e. The molecule has 5 aromatic rings. The second kappa shape index (κ2) is 17.3. The smallest absolute Gasteiger partial charge is 0.358 e. The number of benzene rings is 3. The van der Waals surface area contributed by atoms with Gasteiger partial charge in [-0.1, -0.05) is 47.7 Å². The fourth-order valence-electron chi connectivity index (χ4n) is 9.17. The van der Waals surface area contributed by atoms with Crippen LogP contribution in [0.5, 0.6) is 5.75 Å². The molecule has 0 unspecified atom stereocenters.